The molecule has 0 bridgehead atoms. The molecule has 3 unspecified atom stereocenters. The van der Waals surface area contributed by atoms with Gasteiger partial charge in [0.25, 0.3) is 0 Å². The summed E-state index contributed by atoms with van der Waals surface area (Å²) < 4.78 is 11.5. The van der Waals surface area contributed by atoms with Crippen LogP contribution in [-0.4, -0.2) is 43.9 Å². The fourth-order valence-corrected chi connectivity index (χ4v) is 3.17. The second-order valence-corrected chi connectivity index (χ2v) is 5.49. The summed E-state index contributed by atoms with van der Waals surface area (Å²) in [6.07, 6.45) is 0.163. The molecule has 2 heterocycles. The Labute approximate surface area is 114 Å². The quantitative estimate of drug-likeness (QED) is 0.875. The molecule has 0 amide bonds. The second kappa shape index (κ2) is 5.49. The van der Waals surface area contributed by atoms with Crippen LogP contribution in [0, 0.1) is 5.92 Å². The fourth-order valence-electron chi connectivity index (χ4n) is 3.17. The number of para-hydroxylation sites is 1. The summed E-state index contributed by atoms with van der Waals surface area (Å²) in [6, 6.07) is 8.79. The molecule has 2 N–H and O–H groups in total. The van der Waals surface area contributed by atoms with Crippen LogP contribution in [0.4, 0.5) is 0 Å². The molecule has 104 valence electrons. The van der Waals surface area contributed by atoms with Crippen molar-refractivity contribution < 1.29 is 9.47 Å². The highest BCUT2D eigenvalue weighted by atomic mass is 16.5. The molecule has 1 aromatic carbocycles. The number of morpholine rings is 1. The maximum Gasteiger partial charge on any atom is 0.124 e. The van der Waals surface area contributed by atoms with E-state index in [4.69, 9.17) is 15.2 Å². The number of hydrogen-bond donors (Lipinski definition) is 1. The Morgan fingerprint density at radius 3 is 3.05 bits per heavy atom. The molecule has 2 aliphatic heterocycles. The van der Waals surface area contributed by atoms with Crippen LogP contribution in [0.15, 0.2) is 24.3 Å². The topological polar surface area (TPSA) is 47.7 Å². The molecule has 0 radical (unpaired) electrons. The Bertz CT molecular complexity index is 438. The number of ether oxygens (including phenoxy) is 2. The van der Waals surface area contributed by atoms with E-state index >= 15 is 0 Å². The lowest BCUT2D eigenvalue weighted by atomic mass is 9.90. The van der Waals surface area contributed by atoms with E-state index in [0.717, 1.165) is 32.1 Å². The van der Waals surface area contributed by atoms with Crippen molar-refractivity contribution in [3.05, 3.63) is 29.8 Å². The Kier molecular flexibility index (Phi) is 3.73. The largest absolute Gasteiger partial charge is 0.493 e. The van der Waals surface area contributed by atoms with Gasteiger partial charge in [0.05, 0.1) is 19.3 Å². The number of hydrogen-bond acceptors (Lipinski definition) is 4. The van der Waals surface area contributed by atoms with E-state index in [0.29, 0.717) is 18.5 Å². The standard InChI is InChI=1S/C15H22N2O2/c1-11-10-19-14-5-3-2-4-13(14)15(11)17-6-7-18-12(8-16)9-17/h2-5,11-12,15H,6-10,16H2,1H3. The zero-order chi connectivity index (χ0) is 13.2. The Hall–Kier alpha value is -1.10. The fraction of sp³-hybridized carbons (Fsp3) is 0.600. The highest BCUT2D eigenvalue weighted by Gasteiger charge is 2.34. The molecule has 19 heavy (non-hydrogen) atoms. The van der Waals surface area contributed by atoms with Gasteiger partial charge >= 0.3 is 0 Å². The number of nitrogens with two attached hydrogens (primary N) is 1. The minimum atomic E-state index is 0.163. The predicted molar refractivity (Wildman–Crippen MR) is 74.2 cm³/mol. The minimum Gasteiger partial charge on any atom is -0.493 e. The third kappa shape index (κ3) is 2.48. The lowest BCUT2D eigenvalue weighted by molar-refractivity contribution is -0.0540. The molecule has 0 saturated carbocycles. The Morgan fingerprint density at radius 1 is 1.37 bits per heavy atom. The number of nitrogens with zero attached hydrogens (tertiary/aromatic N) is 1. The zero-order valence-corrected chi connectivity index (χ0v) is 11.4. The average Bonchev–Trinajstić information content (AvgIpc) is 2.47. The summed E-state index contributed by atoms with van der Waals surface area (Å²) >= 11 is 0. The van der Waals surface area contributed by atoms with Crippen molar-refractivity contribution in [3.63, 3.8) is 0 Å². The van der Waals surface area contributed by atoms with Gasteiger partial charge in [-0.1, -0.05) is 25.1 Å². The van der Waals surface area contributed by atoms with E-state index in [-0.39, 0.29) is 6.10 Å². The molecule has 3 rings (SSSR count). The van der Waals surface area contributed by atoms with Gasteiger partial charge in [-0.05, 0) is 6.07 Å². The van der Waals surface area contributed by atoms with E-state index in [1.165, 1.54) is 5.56 Å². The van der Waals surface area contributed by atoms with Crippen LogP contribution >= 0.6 is 0 Å². The first kappa shape index (κ1) is 12.9. The molecule has 0 spiro atoms. The molecule has 0 aromatic heterocycles. The monoisotopic (exact) mass is 262 g/mol. The minimum absolute atomic E-state index is 0.163. The van der Waals surface area contributed by atoms with Gasteiger partial charge in [-0.3, -0.25) is 4.90 Å². The predicted octanol–water partition coefficient (Wildman–Crippen LogP) is 1.42. The number of rotatable bonds is 2. The smallest absolute Gasteiger partial charge is 0.124 e. The molecule has 1 aromatic rings. The SMILES string of the molecule is CC1COc2ccccc2C1N1CCOC(CN)C1. The van der Waals surface area contributed by atoms with Crippen molar-refractivity contribution in [1.29, 1.82) is 0 Å². The van der Waals surface area contributed by atoms with Gasteiger partial charge in [-0.25, -0.2) is 0 Å². The van der Waals surface area contributed by atoms with E-state index in [2.05, 4.69) is 30.0 Å². The van der Waals surface area contributed by atoms with Crippen molar-refractivity contribution in [1.82, 2.24) is 4.90 Å². The molecular weight excluding hydrogens is 240 g/mol. The van der Waals surface area contributed by atoms with Gasteiger partial charge in [-0.15, -0.1) is 0 Å². The van der Waals surface area contributed by atoms with E-state index in [1.807, 2.05) is 6.07 Å². The summed E-state index contributed by atoms with van der Waals surface area (Å²) in [6.45, 7) is 6.30. The van der Waals surface area contributed by atoms with Crippen LogP contribution in [-0.2, 0) is 4.74 Å². The van der Waals surface area contributed by atoms with Crippen LogP contribution in [0.25, 0.3) is 0 Å². The van der Waals surface area contributed by atoms with E-state index in [1.54, 1.807) is 0 Å². The van der Waals surface area contributed by atoms with Crippen molar-refractivity contribution in [2.75, 3.05) is 32.8 Å². The molecule has 1 saturated heterocycles. The van der Waals surface area contributed by atoms with Crippen molar-refractivity contribution in [2.45, 2.75) is 19.1 Å². The van der Waals surface area contributed by atoms with Crippen molar-refractivity contribution in [2.24, 2.45) is 11.7 Å². The van der Waals surface area contributed by atoms with Gasteiger partial charge in [0.15, 0.2) is 0 Å². The summed E-state index contributed by atoms with van der Waals surface area (Å²) in [4.78, 5) is 2.51. The number of benzene rings is 1. The van der Waals surface area contributed by atoms with Crippen molar-refractivity contribution >= 4 is 0 Å². The number of fused-ring (bicyclic) bond motifs is 1. The highest BCUT2D eigenvalue weighted by molar-refractivity contribution is 5.38. The maximum absolute atomic E-state index is 5.83. The lowest BCUT2D eigenvalue weighted by Gasteiger charge is -2.43. The summed E-state index contributed by atoms with van der Waals surface area (Å²) in [5, 5.41) is 0. The Balaban J connectivity index is 1.86. The van der Waals surface area contributed by atoms with E-state index < -0.39 is 0 Å². The normalized spacial score (nSPS) is 31.6. The molecule has 2 aliphatic rings. The van der Waals surface area contributed by atoms with Crippen molar-refractivity contribution in [3.8, 4) is 5.75 Å². The summed E-state index contributed by atoms with van der Waals surface area (Å²) in [5.41, 5.74) is 7.05. The summed E-state index contributed by atoms with van der Waals surface area (Å²) in [7, 11) is 0. The second-order valence-electron chi connectivity index (χ2n) is 5.49. The van der Waals surface area contributed by atoms with Crippen LogP contribution in [0.1, 0.15) is 18.5 Å². The highest BCUT2D eigenvalue weighted by Crippen LogP contribution is 2.39. The van der Waals surface area contributed by atoms with Gasteiger partial charge in [0, 0.05) is 37.2 Å². The van der Waals surface area contributed by atoms with Crippen LogP contribution in [0.2, 0.25) is 0 Å². The van der Waals surface area contributed by atoms with E-state index in [9.17, 15) is 0 Å². The first-order chi connectivity index (χ1) is 9.29. The third-order valence-electron chi connectivity index (χ3n) is 4.10. The molecule has 3 atom stereocenters. The van der Waals surface area contributed by atoms with Crippen LogP contribution < -0.4 is 10.5 Å². The van der Waals surface area contributed by atoms with Gasteiger partial charge in [0.2, 0.25) is 0 Å². The lowest BCUT2D eigenvalue weighted by Crippen LogP contribution is -2.49. The maximum atomic E-state index is 5.83. The summed E-state index contributed by atoms with van der Waals surface area (Å²) in [5.74, 6) is 1.52. The zero-order valence-electron chi connectivity index (χ0n) is 11.4. The molecule has 4 nitrogen and oxygen atoms in total. The van der Waals surface area contributed by atoms with Gasteiger partial charge in [0.1, 0.15) is 5.75 Å². The Morgan fingerprint density at radius 2 is 2.21 bits per heavy atom. The first-order valence-corrected chi connectivity index (χ1v) is 7.07. The molecule has 0 aliphatic carbocycles. The van der Waals surface area contributed by atoms with Gasteiger partial charge in [-0.2, -0.15) is 0 Å². The van der Waals surface area contributed by atoms with Crippen LogP contribution in [0.3, 0.4) is 0 Å². The first-order valence-electron chi connectivity index (χ1n) is 7.07. The molecule has 4 heteroatoms. The van der Waals surface area contributed by atoms with Crippen LogP contribution in [0.5, 0.6) is 5.75 Å². The van der Waals surface area contributed by atoms with Gasteiger partial charge < -0.3 is 15.2 Å². The average molecular weight is 262 g/mol. The molecule has 1 fully saturated rings. The third-order valence-corrected chi connectivity index (χ3v) is 4.10. The molecular formula is C15H22N2O2.